The summed E-state index contributed by atoms with van der Waals surface area (Å²) >= 11 is 0. The predicted molar refractivity (Wildman–Crippen MR) is 108 cm³/mol. The maximum Gasteiger partial charge on any atom is 0.338 e. The van der Waals surface area contributed by atoms with Gasteiger partial charge in [-0.3, -0.25) is 4.79 Å². The van der Waals surface area contributed by atoms with Crippen molar-refractivity contribution >= 4 is 28.8 Å². The SMILES string of the molecule is COC(=O)c1ccccc1C(=O)c1c(CC=O)c(OC)c2ccccc2c1OC. The average molecular weight is 392 g/mol. The van der Waals surface area contributed by atoms with E-state index >= 15 is 0 Å². The lowest BCUT2D eigenvalue weighted by Gasteiger charge is -2.19. The molecule has 0 atom stereocenters. The smallest absolute Gasteiger partial charge is 0.338 e. The quantitative estimate of drug-likeness (QED) is 0.347. The molecule has 29 heavy (non-hydrogen) atoms. The number of hydrogen-bond acceptors (Lipinski definition) is 6. The zero-order chi connectivity index (χ0) is 21.0. The first-order valence-corrected chi connectivity index (χ1v) is 8.90. The van der Waals surface area contributed by atoms with Crippen LogP contribution in [0.2, 0.25) is 0 Å². The summed E-state index contributed by atoms with van der Waals surface area (Å²) in [5.41, 5.74) is 0.877. The second-order valence-electron chi connectivity index (χ2n) is 6.20. The van der Waals surface area contributed by atoms with Crippen LogP contribution in [0.25, 0.3) is 10.8 Å². The van der Waals surface area contributed by atoms with Crippen molar-refractivity contribution in [3.63, 3.8) is 0 Å². The molecule has 0 aliphatic carbocycles. The highest BCUT2D eigenvalue weighted by Crippen LogP contribution is 2.42. The lowest BCUT2D eigenvalue weighted by molar-refractivity contribution is -0.107. The summed E-state index contributed by atoms with van der Waals surface area (Å²) in [5, 5.41) is 1.39. The van der Waals surface area contributed by atoms with Gasteiger partial charge in [-0.25, -0.2) is 4.79 Å². The van der Waals surface area contributed by atoms with E-state index < -0.39 is 11.8 Å². The van der Waals surface area contributed by atoms with Crippen LogP contribution in [0.4, 0.5) is 0 Å². The molecule has 0 aromatic heterocycles. The molecule has 0 unspecified atom stereocenters. The van der Waals surface area contributed by atoms with Crippen LogP contribution in [0, 0.1) is 0 Å². The van der Waals surface area contributed by atoms with E-state index in [1.54, 1.807) is 18.2 Å². The van der Waals surface area contributed by atoms with Gasteiger partial charge in [-0.05, 0) is 6.07 Å². The lowest BCUT2D eigenvalue weighted by Crippen LogP contribution is -2.15. The summed E-state index contributed by atoms with van der Waals surface area (Å²) < 4.78 is 16.0. The summed E-state index contributed by atoms with van der Waals surface area (Å²) in [5.74, 6) is -0.336. The Morgan fingerprint density at radius 3 is 1.93 bits per heavy atom. The van der Waals surface area contributed by atoms with Gasteiger partial charge in [0, 0.05) is 28.3 Å². The van der Waals surface area contributed by atoms with Gasteiger partial charge in [0.2, 0.25) is 0 Å². The molecule has 0 spiro atoms. The van der Waals surface area contributed by atoms with Crippen LogP contribution >= 0.6 is 0 Å². The number of ketones is 1. The monoisotopic (exact) mass is 392 g/mol. The fraction of sp³-hybridized carbons (Fsp3) is 0.174. The molecule has 6 nitrogen and oxygen atoms in total. The molecule has 0 saturated heterocycles. The van der Waals surface area contributed by atoms with E-state index in [2.05, 4.69) is 0 Å². The number of carbonyl (C=O) groups is 3. The Kier molecular flexibility index (Phi) is 5.93. The molecule has 0 amide bonds. The Bertz CT molecular complexity index is 1100. The zero-order valence-corrected chi connectivity index (χ0v) is 16.4. The summed E-state index contributed by atoms with van der Waals surface area (Å²) in [6, 6.07) is 13.7. The van der Waals surface area contributed by atoms with Gasteiger partial charge in [-0.15, -0.1) is 0 Å². The Labute approximate surface area is 168 Å². The van der Waals surface area contributed by atoms with E-state index in [0.717, 1.165) is 5.39 Å². The fourth-order valence-corrected chi connectivity index (χ4v) is 3.49. The van der Waals surface area contributed by atoms with Gasteiger partial charge in [-0.2, -0.15) is 0 Å². The van der Waals surface area contributed by atoms with Crippen molar-refractivity contribution in [3.8, 4) is 11.5 Å². The third-order valence-electron chi connectivity index (χ3n) is 4.72. The Hall–Kier alpha value is -3.67. The molecule has 3 aromatic rings. The lowest BCUT2D eigenvalue weighted by atomic mass is 9.89. The molecule has 0 aliphatic rings. The molecule has 3 aromatic carbocycles. The fourth-order valence-electron chi connectivity index (χ4n) is 3.49. The average Bonchev–Trinajstić information content (AvgIpc) is 2.77. The van der Waals surface area contributed by atoms with Crippen molar-refractivity contribution < 1.29 is 28.6 Å². The second kappa shape index (κ2) is 8.56. The number of esters is 1. The minimum Gasteiger partial charge on any atom is -0.496 e. The number of fused-ring (bicyclic) bond motifs is 1. The van der Waals surface area contributed by atoms with Crippen LogP contribution < -0.4 is 9.47 Å². The first-order chi connectivity index (χ1) is 14.1. The molecule has 0 bridgehead atoms. The molecule has 0 heterocycles. The molecule has 148 valence electrons. The van der Waals surface area contributed by atoms with Crippen molar-refractivity contribution in [2.45, 2.75) is 6.42 Å². The van der Waals surface area contributed by atoms with Gasteiger partial charge in [0.15, 0.2) is 5.78 Å². The molecule has 6 heteroatoms. The van der Waals surface area contributed by atoms with Crippen LogP contribution in [0.15, 0.2) is 48.5 Å². The molecule has 0 N–H and O–H groups in total. The highest BCUT2D eigenvalue weighted by Gasteiger charge is 2.28. The molecule has 3 rings (SSSR count). The van der Waals surface area contributed by atoms with Gasteiger partial charge in [-0.1, -0.05) is 42.5 Å². The Morgan fingerprint density at radius 1 is 0.828 bits per heavy atom. The van der Waals surface area contributed by atoms with Gasteiger partial charge in [0.25, 0.3) is 0 Å². The first kappa shape index (κ1) is 20.1. The van der Waals surface area contributed by atoms with E-state index in [-0.39, 0.29) is 23.1 Å². The Balaban J connectivity index is 2.40. The summed E-state index contributed by atoms with van der Waals surface area (Å²) in [7, 11) is 4.20. The number of methoxy groups -OCH3 is 3. The number of ether oxygens (including phenoxy) is 3. The first-order valence-electron chi connectivity index (χ1n) is 8.90. The van der Waals surface area contributed by atoms with Crippen molar-refractivity contribution in [1.82, 2.24) is 0 Å². The standard InChI is InChI=1S/C23H20O6/c1-27-21-15-9-5-6-10-16(15)22(28-2)19(18(21)12-13-24)20(25)14-8-4-7-11-17(14)23(26)29-3/h4-11,13H,12H2,1-3H3. The van der Waals surface area contributed by atoms with Gasteiger partial charge in [0.1, 0.15) is 17.8 Å². The Morgan fingerprint density at radius 2 is 1.38 bits per heavy atom. The third kappa shape index (κ3) is 3.45. The van der Waals surface area contributed by atoms with E-state index in [1.807, 2.05) is 24.3 Å². The number of aldehydes is 1. The third-order valence-corrected chi connectivity index (χ3v) is 4.72. The van der Waals surface area contributed by atoms with Crippen molar-refractivity contribution in [2.24, 2.45) is 0 Å². The van der Waals surface area contributed by atoms with E-state index in [1.165, 1.54) is 27.4 Å². The highest BCUT2D eigenvalue weighted by atomic mass is 16.5. The van der Waals surface area contributed by atoms with Crippen LogP contribution in [0.3, 0.4) is 0 Å². The van der Waals surface area contributed by atoms with Gasteiger partial charge >= 0.3 is 5.97 Å². The van der Waals surface area contributed by atoms with Crippen molar-refractivity contribution in [1.29, 1.82) is 0 Å². The molecular formula is C23H20O6. The van der Waals surface area contributed by atoms with Crippen molar-refractivity contribution in [2.75, 3.05) is 21.3 Å². The maximum absolute atomic E-state index is 13.6. The number of rotatable bonds is 7. The maximum atomic E-state index is 13.6. The predicted octanol–water partition coefficient (Wildman–Crippen LogP) is 3.62. The van der Waals surface area contributed by atoms with Crippen LogP contribution in [-0.4, -0.2) is 39.4 Å². The minimum absolute atomic E-state index is 0.0498. The molecular weight excluding hydrogens is 372 g/mol. The molecule has 0 radical (unpaired) electrons. The number of hydrogen-bond donors (Lipinski definition) is 0. The molecule has 0 fully saturated rings. The largest absolute Gasteiger partial charge is 0.496 e. The van der Waals surface area contributed by atoms with Gasteiger partial charge < -0.3 is 19.0 Å². The number of carbonyl (C=O) groups excluding carboxylic acids is 3. The second-order valence-corrected chi connectivity index (χ2v) is 6.20. The van der Waals surface area contributed by atoms with Crippen molar-refractivity contribution in [3.05, 3.63) is 70.8 Å². The van der Waals surface area contributed by atoms with Gasteiger partial charge in [0.05, 0.1) is 32.5 Å². The summed E-state index contributed by atoms with van der Waals surface area (Å²) in [6.45, 7) is 0. The number of benzene rings is 3. The highest BCUT2D eigenvalue weighted by molar-refractivity contribution is 6.19. The van der Waals surface area contributed by atoms with Crippen LogP contribution in [-0.2, 0) is 16.0 Å². The summed E-state index contributed by atoms with van der Waals surface area (Å²) in [4.78, 5) is 37.2. The molecule has 0 aliphatic heterocycles. The molecule has 0 saturated carbocycles. The van der Waals surface area contributed by atoms with Crippen LogP contribution in [0.1, 0.15) is 31.8 Å². The van der Waals surface area contributed by atoms with E-state index in [9.17, 15) is 14.4 Å². The topological polar surface area (TPSA) is 78.9 Å². The summed E-state index contributed by atoms with van der Waals surface area (Å²) in [6.07, 6.45) is 0.654. The van der Waals surface area contributed by atoms with E-state index in [0.29, 0.717) is 28.7 Å². The minimum atomic E-state index is -0.627. The van der Waals surface area contributed by atoms with Crippen LogP contribution in [0.5, 0.6) is 11.5 Å². The van der Waals surface area contributed by atoms with E-state index in [4.69, 9.17) is 14.2 Å². The zero-order valence-electron chi connectivity index (χ0n) is 16.4. The normalized spacial score (nSPS) is 10.4.